The van der Waals surface area contributed by atoms with Crippen molar-refractivity contribution in [2.24, 2.45) is 0 Å². The van der Waals surface area contributed by atoms with Crippen molar-refractivity contribution in [1.82, 2.24) is 0 Å². The molecule has 6 heteroatoms. The molecule has 0 aliphatic carbocycles. The molecule has 1 fully saturated rings. The second kappa shape index (κ2) is 5.00. The summed E-state index contributed by atoms with van der Waals surface area (Å²) >= 11 is 5.59. The Kier molecular flexibility index (Phi) is 3.86. The SMILES string of the molecule is CC1OC(C(C)(O)c2ccc(Cl)c(F)c2)C(O)C1O. The molecule has 1 aliphatic heterocycles. The predicted octanol–water partition coefficient (Wildman–Crippen LogP) is 1.20. The number of aliphatic hydroxyl groups is 3. The Balaban J connectivity index is 2.34. The van der Waals surface area contributed by atoms with E-state index in [9.17, 15) is 19.7 Å². The number of hydrogen-bond acceptors (Lipinski definition) is 4. The molecular formula is C13H16ClFO4. The molecule has 0 spiro atoms. The Labute approximate surface area is 115 Å². The summed E-state index contributed by atoms with van der Waals surface area (Å²) in [7, 11) is 0. The Bertz CT molecular complexity index is 480. The van der Waals surface area contributed by atoms with Crippen LogP contribution in [-0.2, 0) is 10.3 Å². The smallest absolute Gasteiger partial charge is 0.142 e. The Morgan fingerprint density at radius 2 is 1.95 bits per heavy atom. The van der Waals surface area contributed by atoms with E-state index in [2.05, 4.69) is 0 Å². The molecule has 0 saturated carbocycles. The molecule has 0 radical (unpaired) electrons. The molecule has 2 rings (SSSR count). The van der Waals surface area contributed by atoms with Crippen molar-refractivity contribution in [2.75, 3.05) is 0 Å². The second-order valence-electron chi connectivity index (χ2n) is 5.02. The fourth-order valence-corrected chi connectivity index (χ4v) is 2.41. The van der Waals surface area contributed by atoms with E-state index in [0.717, 1.165) is 6.07 Å². The summed E-state index contributed by atoms with van der Waals surface area (Å²) in [6, 6.07) is 3.87. The van der Waals surface area contributed by atoms with E-state index in [4.69, 9.17) is 16.3 Å². The van der Waals surface area contributed by atoms with Crippen LogP contribution in [0, 0.1) is 5.82 Å². The van der Waals surface area contributed by atoms with Crippen molar-refractivity contribution >= 4 is 11.6 Å². The number of rotatable bonds is 2. The van der Waals surface area contributed by atoms with Crippen molar-refractivity contribution in [3.8, 4) is 0 Å². The minimum atomic E-state index is -1.64. The van der Waals surface area contributed by atoms with Gasteiger partial charge in [0.05, 0.1) is 11.1 Å². The van der Waals surface area contributed by atoms with E-state index in [1.807, 2.05) is 0 Å². The zero-order valence-electron chi connectivity index (χ0n) is 10.5. The van der Waals surface area contributed by atoms with Gasteiger partial charge in [-0.3, -0.25) is 0 Å². The lowest BCUT2D eigenvalue weighted by molar-refractivity contribution is -0.122. The van der Waals surface area contributed by atoms with E-state index in [0.29, 0.717) is 0 Å². The van der Waals surface area contributed by atoms with Crippen LogP contribution in [0.15, 0.2) is 18.2 Å². The standard InChI is InChI=1S/C13H16ClFO4/c1-6-10(16)11(17)12(19-6)13(2,18)7-3-4-8(14)9(15)5-7/h3-6,10-12,16-18H,1-2H3. The van der Waals surface area contributed by atoms with Gasteiger partial charge in [0.15, 0.2) is 0 Å². The van der Waals surface area contributed by atoms with E-state index in [1.165, 1.54) is 19.1 Å². The van der Waals surface area contributed by atoms with E-state index in [1.54, 1.807) is 6.92 Å². The minimum absolute atomic E-state index is 0.0548. The zero-order chi connectivity index (χ0) is 14.4. The van der Waals surface area contributed by atoms with Crippen LogP contribution < -0.4 is 0 Å². The molecule has 5 atom stereocenters. The van der Waals surface area contributed by atoms with Crippen molar-refractivity contribution in [1.29, 1.82) is 0 Å². The lowest BCUT2D eigenvalue weighted by Crippen LogP contribution is -2.45. The van der Waals surface area contributed by atoms with Gasteiger partial charge in [0.1, 0.15) is 29.7 Å². The van der Waals surface area contributed by atoms with E-state index < -0.39 is 35.8 Å². The first-order chi connectivity index (χ1) is 8.75. The maximum Gasteiger partial charge on any atom is 0.142 e. The highest BCUT2D eigenvalue weighted by Gasteiger charge is 2.50. The number of ether oxygens (including phenoxy) is 1. The summed E-state index contributed by atoms with van der Waals surface area (Å²) in [4.78, 5) is 0. The topological polar surface area (TPSA) is 69.9 Å². The van der Waals surface area contributed by atoms with Crippen LogP contribution in [0.2, 0.25) is 5.02 Å². The van der Waals surface area contributed by atoms with Gasteiger partial charge in [0.2, 0.25) is 0 Å². The van der Waals surface area contributed by atoms with Crippen LogP contribution in [0.1, 0.15) is 19.4 Å². The molecule has 1 saturated heterocycles. The fourth-order valence-electron chi connectivity index (χ4n) is 2.29. The van der Waals surface area contributed by atoms with E-state index in [-0.39, 0.29) is 10.6 Å². The molecule has 0 amide bonds. The lowest BCUT2D eigenvalue weighted by atomic mass is 9.86. The van der Waals surface area contributed by atoms with Gasteiger partial charge in [-0.25, -0.2) is 4.39 Å². The van der Waals surface area contributed by atoms with Crippen molar-refractivity contribution in [3.05, 3.63) is 34.6 Å². The highest BCUT2D eigenvalue weighted by Crippen LogP contribution is 2.36. The fraction of sp³-hybridized carbons (Fsp3) is 0.538. The molecule has 106 valence electrons. The van der Waals surface area contributed by atoms with Crippen LogP contribution in [0.5, 0.6) is 0 Å². The van der Waals surface area contributed by atoms with Gasteiger partial charge in [-0.2, -0.15) is 0 Å². The van der Waals surface area contributed by atoms with Crippen molar-refractivity contribution in [2.45, 2.75) is 43.9 Å². The van der Waals surface area contributed by atoms with Crippen LogP contribution in [-0.4, -0.2) is 39.7 Å². The Hall–Kier alpha value is -0.720. The Morgan fingerprint density at radius 3 is 2.42 bits per heavy atom. The third kappa shape index (κ3) is 2.49. The third-order valence-electron chi connectivity index (χ3n) is 3.56. The summed E-state index contributed by atoms with van der Waals surface area (Å²) < 4.78 is 18.8. The summed E-state index contributed by atoms with van der Waals surface area (Å²) in [5.74, 6) is -0.666. The maximum atomic E-state index is 13.5. The highest BCUT2D eigenvalue weighted by atomic mass is 35.5. The molecule has 1 heterocycles. The molecule has 1 aromatic rings. The second-order valence-corrected chi connectivity index (χ2v) is 5.43. The molecule has 1 aromatic carbocycles. The molecular weight excluding hydrogens is 275 g/mol. The number of benzene rings is 1. The quantitative estimate of drug-likeness (QED) is 0.765. The lowest BCUT2D eigenvalue weighted by Gasteiger charge is -2.32. The number of halogens is 2. The van der Waals surface area contributed by atoms with Crippen LogP contribution in [0.4, 0.5) is 4.39 Å². The first-order valence-corrected chi connectivity index (χ1v) is 6.32. The summed E-state index contributed by atoms with van der Waals surface area (Å²) in [5, 5.41) is 30.0. The average Bonchev–Trinajstić information content (AvgIpc) is 2.61. The Morgan fingerprint density at radius 1 is 1.32 bits per heavy atom. The molecule has 19 heavy (non-hydrogen) atoms. The van der Waals surface area contributed by atoms with Gasteiger partial charge in [-0.05, 0) is 31.5 Å². The normalized spacial score (nSPS) is 34.3. The molecule has 4 nitrogen and oxygen atoms in total. The molecule has 0 bridgehead atoms. The predicted molar refractivity (Wildman–Crippen MR) is 67.3 cm³/mol. The first kappa shape index (κ1) is 14.7. The van der Waals surface area contributed by atoms with Crippen molar-refractivity contribution < 1.29 is 24.4 Å². The van der Waals surface area contributed by atoms with Crippen molar-refractivity contribution in [3.63, 3.8) is 0 Å². The molecule has 5 unspecified atom stereocenters. The van der Waals surface area contributed by atoms with Crippen LogP contribution in [0.3, 0.4) is 0 Å². The number of aliphatic hydroxyl groups excluding tert-OH is 2. The summed E-state index contributed by atoms with van der Waals surface area (Å²) in [5.41, 5.74) is -1.42. The zero-order valence-corrected chi connectivity index (χ0v) is 11.3. The largest absolute Gasteiger partial charge is 0.388 e. The highest BCUT2D eigenvalue weighted by molar-refractivity contribution is 6.30. The average molecular weight is 291 g/mol. The third-order valence-corrected chi connectivity index (χ3v) is 3.87. The van der Waals surface area contributed by atoms with Gasteiger partial charge in [0.25, 0.3) is 0 Å². The van der Waals surface area contributed by atoms with Gasteiger partial charge in [-0.1, -0.05) is 17.7 Å². The van der Waals surface area contributed by atoms with E-state index >= 15 is 0 Å². The minimum Gasteiger partial charge on any atom is -0.388 e. The molecule has 3 N–H and O–H groups in total. The molecule has 1 aliphatic rings. The maximum absolute atomic E-state index is 13.5. The van der Waals surface area contributed by atoms with Crippen LogP contribution >= 0.6 is 11.6 Å². The van der Waals surface area contributed by atoms with Gasteiger partial charge < -0.3 is 20.1 Å². The summed E-state index contributed by atoms with van der Waals surface area (Å²) in [6.07, 6.45) is -3.99. The first-order valence-electron chi connectivity index (χ1n) is 5.94. The van der Waals surface area contributed by atoms with Gasteiger partial charge in [-0.15, -0.1) is 0 Å². The number of hydrogen-bond donors (Lipinski definition) is 3. The van der Waals surface area contributed by atoms with Gasteiger partial charge >= 0.3 is 0 Å². The van der Waals surface area contributed by atoms with Crippen LogP contribution in [0.25, 0.3) is 0 Å². The monoisotopic (exact) mass is 290 g/mol. The van der Waals surface area contributed by atoms with Gasteiger partial charge in [0, 0.05) is 0 Å². The summed E-state index contributed by atoms with van der Waals surface area (Å²) in [6.45, 7) is 2.99. The molecule has 0 aromatic heterocycles.